The first-order valence-corrected chi connectivity index (χ1v) is 10.6. The van der Waals surface area contributed by atoms with Gasteiger partial charge in [-0.3, -0.25) is 24.3 Å². The van der Waals surface area contributed by atoms with E-state index in [1.165, 1.54) is 12.8 Å². The van der Waals surface area contributed by atoms with Crippen molar-refractivity contribution in [1.29, 1.82) is 0 Å². The van der Waals surface area contributed by atoms with Crippen LogP contribution in [-0.2, 0) is 20.0 Å². The summed E-state index contributed by atoms with van der Waals surface area (Å²) in [5.41, 5.74) is 4.98. The molecule has 5 rings (SSSR count). The number of hydrogen-bond donors (Lipinski definition) is 0. The second-order valence-corrected chi connectivity index (χ2v) is 8.09. The van der Waals surface area contributed by atoms with E-state index in [0.29, 0.717) is 11.3 Å². The maximum atomic E-state index is 12.9. The van der Waals surface area contributed by atoms with Gasteiger partial charge in [0.05, 0.1) is 35.2 Å². The smallest absolute Gasteiger partial charge is 0.168 e. The Labute approximate surface area is 180 Å². The Morgan fingerprint density at radius 1 is 1.03 bits per heavy atom. The van der Waals surface area contributed by atoms with Crippen LogP contribution in [-0.4, -0.2) is 48.5 Å². The molecule has 0 bridgehead atoms. The molecule has 7 heteroatoms. The van der Waals surface area contributed by atoms with Gasteiger partial charge in [0.15, 0.2) is 5.78 Å². The number of hydrogen-bond acceptors (Lipinski definition) is 6. The summed E-state index contributed by atoms with van der Waals surface area (Å²) in [7, 11) is 1.88. The summed E-state index contributed by atoms with van der Waals surface area (Å²) in [5.74, 6) is 0.0420. The lowest BCUT2D eigenvalue weighted by Gasteiger charge is -2.14. The van der Waals surface area contributed by atoms with Crippen molar-refractivity contribution in [3.63, 3.8) is 0 Å². The monoisotopic (exact) mass is 412 g/mol. The number of likely N-dealkylation sites (tertiary alicyclic amines) is 1. The zero-order valence-electron chi connectivity index (χ0n) is 17.5. The van der Waals surface area contributed by atoms with Crippen LogP contribution in [0.2, 0.25) is 0 Å². The van der Waals surface area contributed by atoms with E-state index in [0.717, 1.165) is 47.5 Å². The van der Waals surface area contributed by atoms with Gasteiger partial charge in [-0.25, -0.2) is 4.98 Å². The molecule has 0 unspecified atom stereocenters. The standard InChI is InChI=1S/C24H24N6O/c1-29-15-19(14-27-29)22-5-4-18-13-26-20(11-23(18)28-22)12-24(31)17-6-7-25-21(10-17)16-30-8-2-3-9-30/h4-7,10-11,13-15H,2-3,8-9,12,16H2,1H3. The van der Waals surface area contributed by atoms with E-state index < -0.39 is 0 Å². The molecule has 0 radical (unpaired) electrons. The number of ketones is 1. The summed E-state index contributed by atoms with van der Waals surface area (Å²) >= 11 is 0. The normalized spacial score (nSPS) is 14.4. The maximum absolute atomic E-state index is 12.9. The van der Waals surface area contributed by atoms with Gasteiger partial charge in [0.25, 0.3) is 0 Å². The number of carbonyl (C=O) groups is 1. The van der Waals surface area contributed by atoms with E-state index in [1.54, 1.807) is 29.3 Å². The molecule has 1 saturated heterocycles. The lowest BCUT2D eigenvalue weighted by atomic mass is 10.1. The predicted octanol–water partition coefficient (Wildman–Crippen LogP) is 3.45. The summed E-state index contributed by atoms with van der Waals surface area (Å²) < 4.78 is 1.75. The predicted molar refractivity (Wildman–Crippen MR) is 119 cm³/mol. The van der Waals surface area contributed by atoms with E-state index in [9.17, 15) is 4.79 Å². The third kappa shape index (κ3) is 4.36. The molecule has 0 N–H and O–H groups in total. The lowest BCUT2D eigenvalue weighted by molar-refractivity contribution is 0.0991. The number of carbonyl (C=O) groups excluding carboxylic acids is 1. The van der Waals surface area contributed by atoms with Crippen molar-refractivity contribution in [1.82, 2.24) is 29.6 Å². The van der Waals surface area contributed by atoms with Crippen LogP contribution in [0.4, 0.5) is 0 Å². The van der Waals surface area contributed by atoms with E-state index in [1.807, 2.05) is 37.5 Å². The van der Waals surface area contributed by atoms with Crippen molar-refractivity contribution in [2.24, 2.45) is 7.05 Å². The summed E-state index contributed by atoms with van der Waals surface area (Å²) in [6.45, 7) is 3.01. The molecule has 5 heterocycles. The van der Waals surface area contributed by atoms with Crippen LogP contribution in [0.25, 0.3) is 22.2 Å². The first-order valence-electron chi connectivity index (χ1n) is 10.6. The molecule has 1 aliphatic rings. The number of rotatable bonds is 6. The number of pyridine rings is 3. The molecule has 156 valence electrons. The molecule has 7 nitrogen and oxygen atoms in total. The Bertz CT molecular complexity index is 1240. The molecule has 0 spiro atoms. The fourth-order valence-electron chi connectivity index (χ4n) is 4.04. The molecule has 1 fully saturated rings. The first-order chi connectivity index (χ1) is 15.1. The van der Waals surface area contributed by atoms with Gasteiger partial charge in [0.1, 0.15) is 0 Å². The maximum Gasteiger partial charge on any atom is 0.168 e. The highest BCUT2D eigenvalue weighted by molar-refractivity contribution is 5.97. The highest BCUT2D eigenvalue weighted by Gasteiger charge is 2.15. The third-order valence-electron chi connectivity index (χ3n) is 5.70. The van der Waals surface area contributed by atoms with Crippen molar-refractivity contribution < 1.29 is 4.79 Å². The van der Waals surface area contributed by atoms with Gasteiger partial charge in [-0.2, -0.15) is 5.10 Å². The summed E-state index contributed by atoms with van der Waals surface area (Å²) in [5, 5.41) is 5.16. The Kier molecular flexibility index (Phi) is 5.26. The Morgan fingerprint density at radius 3 is 2.71 bits per heavy atom. The van der Waals surface area contributed by atoms with Crippen LogP contribution in [0.3, 0.4) is 0 Å². The molecule has 31 heavy (non-hydrogen) atoms. The molecule has 0 aromatic carbocycles. The fraction of sp³-hybridized carbons (Fsp3) is 0.292. The van der Waals surface area contributed by atoms with Crippen LogP contribution in [0.1, 0.15) is 34.6 Å². The highest BCUT2D eigenvalue weighted by Crippen LogP contribution is 2.21. The quantitative estimate of drug-likeness (QED) is 0.452. The summed E-state index contributed by atoms with van der Waals surface area (Å²) in [6, 6.07) is 9.57. The second kappa shape index (κ2) is 8.35. The van der Waals surface area contributed by atoms with Gasteiger partial charge in [-0.1, -0.05) is 0 Å². The summed E-state index contributed by atoms with van der Waals surface area (Å²) in [6.07, 6.45) is 9.96. The minimum atomic E-state index is 0.0420. The second-order valence-electron chi connectivity index (χ2n) is 8.09. The lowest BCUT2D eigenvalue weighted by Crippen LogP contribution is -2.19. The van der Waals surface area contributed by atoms with E-state index in [2.05, 4.69) is 20.0 Å². The molecule has 0 aliphatic carbocycles. The zero-order valence-corrected chi connectivity index (χ0v) is 17.5. The molecule has 4 aromatic rings. The summed E-state index contributed by atoms with van der Waals surface area (Å²) in [4.78, 5) is 29.0. The van der Waals surface area contributed by atoms with Gasteiger partial charge >= 0.3 is 0 Å². The topological polar surface area (TPSA) is 76.8 Å². The van der Waals surface area contributed by atoms with Crippen molar-refractivity contribution in [3.05, 3.63) is 72.1 Å². The van der Waals surface area contributed by atoms with Gasteiger partial charge in [-0.05, 0) is 56.3 Å². The Balaban J connectivity index is 1.35. The number of nitrogens with zero attached hydrogens (tertiary/aromatic N) is 6. The first kappa shape index (κ1) is 19.5. The molecule has 0 saturated carbocycles. The highest BCUT2D eigenvalue weighted by atomic mass is 16.1. The molecule has 0 atom stereocenters. The van der Waals surface area contributed by atoms with Crippen molar-refractivity contribution >= 4 is 16.7 Å². The average molecular weight is 412 g/mol. The van der Waals surface area contributed by atoms with Crippen LogP contribution < -0.4 is 0 Å². The zero-order chi connectivity index (χ0) is 21.2. The molecule has 4 aromatic heterocycles. The van der Waals surface area contributed by atoms with Gasteiger partial charge in [0.2, 0.25) is 0 Å². The number of aromatic nitrogens is 5. The average Bonchev–Trinajstić information content (AvgIpc) is 3.45. The van der Waals surface area contributed by atoms with Crippen molar-refractivity contribution in [2.75, 3.05) is 13.1 Å². The van der Waals surface area contributed by atoms with Crippen LogP contribution in [0.5, 0.6) is 0 Å². The Hall–Kier alpha value is -3.45. The van der Waals surface area contributed by atoms with E-state index in [-0.39, 0.29) is 12.2 Å². The fourth-order valence-corrected chi connectivity index (χ4v) is 4.04. The van der Waals surface area contributed by atoms with Crippen LogP contribution >= 0.6 is 0 Å². The van der Waals surface area contributed by atoms with Gasteiger partial charge in [0, 0.05) is 48.7 Å². The van der Waals surface area contributed by atoms with E-state index >= 15 is 0 Å². The Morgan fingerprint density at radius 2 is 1.90 bits per heavy atom. The minimum Gasteiger partial charge on any atom is -0.298 e. The number of fused-ring (bicyclic) bond motifs is 1. The van der Waals surface area contributed by atoms with Crippen molar-refractivity contribution in [2.45, 2.75) is 25.8 Å². The van der Waals surface area contributed by atoms with Crippen LogP contribution in [0, 0.1) is 0 Å². The van der Waals surface area contributed by atoms with Crippen LogP contribution in [0.15, 0.2) is 55.1 Å². The van der Waals surface area contributed by atoms with Gasteiger partial charge in [-0.15, -0.1) is 0 Å². The third-order valence-corrected chi connectivity index (χ3v) is 5.70. The molecular formula is C24H24N6O. The number of aryl methyl sites for hydroxylation is 1. The largest absolute Gasteiger partial charge is 0.298 e. The minimum absolute atomic E-state index is 0.0420. The molecular weight excluding hydrogens is 388 g/mol. The SMILES string of the molecule is Cn1cc(-c2ccc3cnc(CC(=O)c4ccnc(CN5CCCC5)c4)cc3n2)cn1. The molecule has 0 amide bonds. The molecule has 1 aliphatic heterocycles. The van der Waals surface area contributed by atoms with Crippen molar-refractivity contribution in [3.8, 4) is 11.3 Å². The van der Waals surface area contributed by atoms with Gasteiger partial charge < -0.3 is 0 Å². The number of Topliss-reactive ketones (excluding diaryl/α,β-unsaturated/α-hetero) is 1. The van der Waals surface area contributed by atoms with E-state index in [4.69, 9.17) is 4.98 Å².